The molecule has 1 aromatic heterocycles. The molecule has 2 aromatic rings. The summed E-state index contributed by atoms with van der Waals surface area (Å²) in [7, 11) is -3.80. The molecule has 150 valence electrons. The van der Waals surface area contributed by atoms with Crippen molar-refractivity contribution in [2.45, 2.75) is 37.1 Å². The SMILES string of the molecule is CC(C)[C@@H](NS(=O)(=O)c1cccs1)C(=O)Nc1ccc2c(c1)NC(=O)[C@H](C)O2. The molecule has 0 unspecified atom stereocenters. The van der Waals surface area contributed by atoms with Crippen LogP contribution in [0.4, 0.5) is 11.4 Å². The number of hydrogen-bond acceptors (Lipinski definition) is 6. The zero-order chi connectivity index (χ0) is 20.5. The zero-order valence-corrected chi connectivity index (χ0v) is 17.2. The van der Waals surface area contributed by atoms with Crippen molar-refractivity contribution in [1.29, 1.82) is 0 Å². The van der Waals surface area contributed by atoms with Crippen molar-refractivity contribution >= 4 is 44.5 Å². The number of fused-ring (bicyclic) bond motifs is 1. The van der Waals surface area contributed by atoms with Crippen molar-refractivity contribution in [2.75, 3.05) is 10.6 Å². The average molecular weight is 424 g/mol. The number of anilines is 2. The summed E-state index contributed by atoms with van der Waals surface area (Å²) in [5, 5.41) is 7.06. The van der Waals surface area contributed by atoms with Crippen molar-refractivity contribution in [2.24, 2.45) is 5.92 Å². The topological polar surface area (TPSA) is 114 Å². The molecule has 28 heavy (non-hydrogen) atoms. The molecule has 8 nitrogen and oxygen atoms in total. The Balaban J connectivity index is 1.76. The van der Waals surface area contributed by atoms with Gasteiger partial charge >= 0.3 is 0 Å². The molecule has 0 bridgehead atoms. The van der Waals surface area contributed by atoms with E-state index < -0.39 is 28.1 Å². The van der Waals surface area contributed by atoms with Gasteiger partial charge in [-0.2, -0.15) is 4.72 Å². The highest BCUT2D eigenvalue weighted by molar-refractivity contribution is 7.91. The summed E-state index contributed by atoms with van der Waals surface area (Å²) in [6.07, 6.45) is -0.593. The van der Waals surface area contributed by atoms with Gasteiger partial charge in [-0.15, -0.1) is 11.3 Å². The lowest BCUT2D eigenvalue weighted by Crippen LogP contribution is -2.46. The molecule has 3 rings (SSSR count). The first-order chi connectivity index (χ1) is 13.2. The number of carbonyl (C=O) groups is 2. The van der Waals surface area contributed by atoms with Gasteiger partial charge < -0.3 is 15.4 Å². The molecule has 3 N–H and O–H groups in total. The maximum absolute atomic E-state index is 12.7. The fraction of sp³-hybridized carbons (Fsp3) is 0.333. The van der Waals surface area contributed by atoms with Crippen molar-refractivity contribution in [3.05, 3.63) is 35.7 Å². The van der Waals surface area contributed by atoms with E-state index >= 15 is 0 Å². The van der Waals surface area contributed by atoms with E-state index in [1.807, 2.05) is 0 Å². The van der Waals surface area contributed by atoms with Crippen molar-refractivity contribution < 1.29 is 22.7 Å². The maximum atomic E-state index is 12.7. The van der Waals surface area contributed by atoms with Gasteiger partial charge in [0.2, 0.25) is 5.91 Å². The summed E-state index contributed by atoms with van der Waals surface area (Å²) < 4.78 is 33.1. The summed E-state index contributed by atoms with van der Waals surface area (Å²) in [5.41, 5.74) is 0.865. The molecule has 0 saturated heterocycles. The average Bonchev–Trinajstić information content (AvgIpc) is 3.16. The summed E-state index contributed by atoms with van der Waals surface area (Å²) in [5.74, 6) is -0.550. The Hall–Kier alpha value is -2.43. The first-order valence-corrected chi connectivity index (χ1v) is 11.0. The van der Waals surface area contributed by atoms with Crippen molar-refractivity contribution in [3.63, 3.8) is 0 Å². The molecule has 0 fully saturated rings. The predicted octanol–water partition coefficient (Wildman–Crippen LogP) is 2.41. The smallest absolute Gasteiger partial charge is 0.265 e. The number of hydrogen-bond donors (Lipinski definition) is 3. The van der Waals surface area contributed by atoms with Gasteiger partial charge in [0.25, 0.3) is 15.9 Å². The van der Waals surface area contributed by atoms with Crippen LogP contribution in [0.1, 0.15) is 20.8 Å². The maximum Gasteiger partial charge on any atom is 0.265 e. The van der Waals surface area contributed by atoms with Crippen LogP contribution >= 0.6 is 11.3 Å². The van der Waals surface area contributed by atoms with E-state index in [1.165, 1.54) is 6.07 Å². The van der Waals surface area contributed by atoms with Crippen LogP contribution in [0.5, 0.6) is 5.75 Å². The van der Waals surface area contributed by atoms with Crippen LogP contribution in [-0.4, -0.2) is 32.4 Å². The number of ether oxygens (including phenoxy) is 1. The largest absolute Gasteiger partial charge is 0.479 e. The quantitative estimate of drug-likeness (QED) is 0.660. The van der Waals surface area contributed by atoms with E-state index in [1.54, 1.807) is 50.4 Å². The molecule has 1 aliphatic heterocycles. The van der Waals surface area contributed by atoms with Crippen LogP contribution < -0.4 is 20.1 Å². The minimum atomic E-state index is -3.80. The molecule has 0 radical (unpaired) electrons. The zero-order valence-electron chi connectivity index (χ0n) is 15.6. The molecular weight excluding hydrogens is 402 g/mol. The Morgan fingerprint density at radius 1 is 1.29 bits per heavy atom. The molecule has 0 saturated carbocycles. The third-order valence-electron chi connectivity index (χ3n) is 4.17. The lowest BCUT2D eigenvalue weighted by atomic mass is 10.0. The lowest BCUT2D eigenvalue weighted by molar-refractivity contribution is -0.122. The Labute approximate surface area is 167 Å². The first-order valence-electron chi connectivity index (χ1n) is 8.65. The highest BCUT2D eigenvalue weighted by Crippen LogP contribution is 2.32. The molecule has 10 heteroatoms. The van der Waals surface area contributed by atoms with Gasteiger partial charge in [0, 0.05) is 5.69 Å². The van der Waals surface area contributed by atoms with Gasteiger partial charge in [0.15, 0.2) is 6.10 Å². The summed E-state index contributed by atoms with van der Waals surface area (Å²) in [6, 6.07) is 6.99. The van der Waals surface area contributed by atoms with E-state index in [2.05, 4.69) is 15.4 Å². The van der Waals surface area contributed by atoms with Crippen LogP contribution in [-0.2, 0) is 19.6 Å². The molecule has 0 aliphatic carbocycles. The van der Waals surface area contributed by atoms with E-state index in [-0.39, 0.29) is 16.0 Å². The third kappa shape index (κ3) is 4.34. The second-order valence-corrected chi connectivity index (χ2v) is 9.61. The second kappa shape index (κ2) is 7.90. The lowest BCUT2D eigenvalue weighted by Gasteiger charge is -2.24. The van der Waals surface area contributed by atoms with Crippen molar-refractivity contribution in [1.82, 2.24) is 4.72 Å². The molecule has 2 atom stereocenters. The summed E-state index contributed by atoms with van der Waals surface area (Å²) >= 11 is 1.08. The van der Waals surface area contributed by atoms with E-state index in [0.29, 0.717) is 17.1 Å². The molecule has 0 spiro atoms. The Morgan fingerprint density at radius 2 is 2.04 bits per heavy atom. The van der Waals surface area contributed by atoms with Crippen LogP contribution in [0.2, 0.25) is 0 Å². The number of thiophene rings is 1. The molecule has 1 aromatic carbocycles. The number of carbonyl (C=O) groups excluding carboxylic acids is 2. The predicted molar refractivity (Wildman–Crippen MR) is 107 cm³/mol. The monoisotopic (exact) mass is 423 g/mol. The van der Waals surface area contributed by atoms with Gasteiger partial charge in [0.05, 0.1) is 5.69 Å². The minimum absolute atomic E-state index is 0.147. The van der Waals surface area contributed by atoms with Crippen LogP contribution in [0.25, 0.3) is 0 Å². The van der Waals surface area contributed by atoms with Gasteiger partial charge in [-0.3, -0.25) is 9.59 Å². The third-order valence-corrected chi connectivity index (χ3v) is 7.01. The van der Waals surface area contributed by atoms with Crippen LogP contribution in [0.15, 0.2) is 39.9 Å². The highest BCUT2D eigenvalue weighted by Gasteiger charge is 2.29. The fourth-order valence-electron chi connectivity index (χ4n) is 2.64. The summed E-state index contributed by atoms with van der Waals surface area (Å²) in [6.45, 7) is 5.15. The molecule has 2 amide bonds. The fourth-order valence-corrected chi connectivity index (χ4v) is 4.99. The molecule has 2 heterocycles. The van der Waals surface area contributed by atoms with Crippen LogP contribution in [0, 0.1) is 5.92 Å². The van der Waals surface area contributed by atoms with Crippen LogP contribution in [0.3, 0.4) is 0 Å². The van der Waals surface area contributed by atoms with E-state index in [9.17, 15) is 18.0 Å². The Kier molecular flexibility index (Phi) is 5.73. The molecule has 1 aliphatic rings. The van der Waals surface area contributed by atoms with Gasteiger partial charge in [-0.1, -0.05) is 19.9 Å². The van der Waals surface area contributed by atoms with Gasteiger partial charge in [0.1, 0.15) is 16.0 Å². The number of benzene rings is 1. The minimum Gasteiger partial charge on any atom is -0.479 e. The Morgan fingerprint density at radius 3 is 2.68 bits per heavy atom. The highest BCUT2D eigenvalue weighted by atomic mass is 32.2. The Bertz CT molecular complexity index is 987. The number of sulfonamides is 1. The first kappa shape index (κ1) is 20.3. The van der Waals surface area contributed by atoms with Gasteiger partial charge in [-0.25, -0.2) is 8.42 Å². The van der Waals surface area contributed by atoms with Gasteiger partial charge in [-0.05, 0) is 42.5 Å². The summed E-state index contributed by atoms with van der Waals surface area (Å²) in [4.78, 5) is 24.5. The van der Waals surface area contributed by atoms with Crippen molar-refractivity contribution in [3.8, 4) is 5.75 Å². The normalized spacial score (nSPS) is 17.4. The number of amides is 2. The number of nitrogens with one attached hydrogen (secondary N) is 3. The van der Waals surface area contributed by atoms with E-state index in [0.717, 1.165) is 11.3 Å². The second-order valence-electron chi connectivity index (χ2n) is 6.72. The van der Waals surface area contributed by atoms with E-state index in [4.69, 9.17) is 4.74 Å². The number of rotatable bonds is 6. The molecular formula is C18H21N3O5S2. The standard InChI is InChI=1S/C18H21N3O5S2/c1-10(2)16(21-28(24,25)15-5-4-8-27-15)18(23)19-12-6-7-14-13(9-12)20-17(22)11(3)26-14/h4-11,16,21H,1-3H3,(H,19,23)(H,20,22)/t11-,16+/m0/s1.